The van der Waals surface area contributed by atoms with E-state index < -0.39 is 0 Å². The van der Waals surface area contributed by atoms with Crippen LogP contribution in [-0.4, -0.2) is 39.2 Å². The molecule has 1 aliphatic heterocycles. The number of hydrogen-bond acceptors (Lipinski definition) is 7. The summed E-state index contributed by atoms with van der Waals surface area (Å²) in [4.78, 5) is 10.8. The average Bonchev–Trinajstić information content (AvgIpc) is 2.52. The van der Waals surface area contributed by atoms with Gasteiger partial charge in [-0.1, -0.05) is 6.92 Å². The highest BCUT2D eigenvalue weighted by Crippen LogP contribution is 2.31. The summed E-state index contributed by atoms with van der Waals surface area (Å²) in [6.45, 7) is 5.24. The second-order valence-electron chi connectivity index (χ2n) is 4.40. The van der Waals surface area contributed by atoms with E-state index in [1.54, 1.807) is 14.2 Å². The number of methoxy groups -OCH3 is 2. The van der Waals surface area contributed by atoms with Crippen molar-refractivity contribution in [2.75, 3.05) is 32.3 Å². The van der Waals surface area contributed by atoms with Gasteiger partial charge in [0.1, 0.15) is 12.5 Å². The highest BCUT2D eigenvalue weighted by molar-refractivity contribution is 6.05. The molecule has 7 heteroatoms. The van der Waals surface area contributed by atoms with Gasteiger partial charge in [-0.15, -0.1) is 0 Å². The van der Waals surface area contributed by atoms with Crippen LogP contribution >= 0.6 is 0 Å². The van der Waals surface area contributed by atoms with Crippen molar-refractivity contribution in [2.45, 2.75) is 13.8 Å². The summed E-state index contributed by atoms with van der Waals surface area (Å²) in [5.74, 6) is 2.83. The Hall–Kier alpha value is -2.28. The monoisotopic (exact) mass is 291 g/mol. The Morgan fingerprint density at radius 3 is 2.62 bits per heavy atom. The quantitative estimate of drug-likeness (QED) is 0.802. The molecule has 0 radical (unpaired) electrons. The van der Waals surface area contributed by atoms with Crippen LogP contribution in [0.25, 0.3) is 0 Å². The molecule has 1 aliphatic rings. The number of hydrogen-bond donors (Lipinski definition) is 2. The fourth-order valence-electron chi connectivity index (χ4n) is 1.99. The second-order valence-corrected chi connectivity index (χ2v) is 4.40. The fraction of sp³-hybridized carbons (Fsp3) is 0.429. The lowest BCUT2D eigenvalue weighted by atomic mass is 10.2. The number of guanidine groups is 1. The molecule has 0 bridgehead atoms. The van der Waals surface area contributed by atoms with Crippen LogP contribution in [0.5, 0.6) is 11.5 Å². The van der Waals surface area contributed by atoms with Crippen LogP contribution < -0.4 is 25.2 Å². The summed E-state index contributed by atoms with van der Waals surface area (Å²) in [6.07, 6.45) is 0. The molecule has 0 spiro atoms. The van der Waals surface area contributed by atoms with Gasteiger partial charge >= 0.3 is 0 Å². The molecule has 21 heavy (non-hydrogen) atoms. The Morgan fingerprint density at radius 1 is 1.24 bits per heavy atom. The van der Waals surface area contributed by atoms with E-state index in [2.05, 4.69) is 20.8 Å². The van der Waals surface area contributed by atoms with Crippen molar-refractivity contribution in [1.29, 1.82) is 0 Å². The third-order valence-corrected chi connectivity index (χ3v) is 3.08. The highest BCUT2D eigenvalue weighted by atomic mass is 16.5. The van der Waals surface area contributed by atoms with Gasteiger partial charge in [-0.05, 0) is 19.1 Å². The predicted octanol–water partition coefficient (Wildman–Crippen LogP) is 1.37. The number of ether oxygens (including phenoxy) is 2. The zero-order valence-corrected chi connectivity index (χ0v) is 12.8. The number of amidine groups is 1. The van der Waals surface area contributed by atoms with Crippen LogP contribution in [0.4, 0.5) is 5.69 Å². The van der Waals surface area contributed by atoms with Gasteiger partial charge in [0, 0.05) is 18.3 Å². The minimum Gasteiger partial charge on any atom is -0.493 e. The summed E-state index contributed by atoms with van der Waals surface area (Å²) in [6, 6.07) is 5.74. The molecule has 0 aromatic heterocycles. The van der Waals surface area contributed by atoms with Crippen LogP contribution in [0, 0.1) is 0 Å². The molecule has 1 aromatic carbocycles. The number of anilines is 1. The van der Waals surface area contributed by atoms with E-state index in [0.717, 1.165) is 18.1 Å². The van der Waals surface area contributed by atoms with Gasteiger partial charge in [0.2, 0.25) is 5.96 Å². The topological polar surface area (TPSA) is 70.5 Å². The zero-order valence-electron chi connectivity index (χ0n) is 12.8. The molecule has 0 atom stereocenters. The van der Waals surface area contributed by atoms with Crippen LogP contribution in [-0.2, 0) is 0 Å². The number of nitrogens with one attached hydrogen (secondary N) is 2. The lowest BCUT2D eigenvalue weighted by molar-refractivity contribution is 0.355. The summed E-state index contributed by atoms with van der Waals surface area (Å²) in [5.41, 5.74) is 6.90. The number of hydrazine groups is 1. The van der Waals surface area contributed by atoms with E-state index in [1.165, 1.54) is 0 Å². The molecule has 1 aromatic rings. The first kappa shape index (κ1) is 15.1. The second kappa shape index (κ2) is 6.94. The van der Waals surface area contributed by atoms with Gasteiger partial charge in [-0.2, -0.15) is 4.99 Å². The van der Waals surface area contributed by atoms with Gasteiger partial charge in [0.15, 0.2) is 11.5 Å². The summed E-state index contributed by atoms with van der Waals surface area (Å²) < 4.78 is 10.6. The van der Waals surface area contributed by atoms with Gasteiger partial charge in [0.25, 0.3) is 0 Å². The lowest BCUT2D eigenvalue weighted by Gasteiger charge is -2.26. The molecule has 1 heterocycles. The zero-order chi connectivity index (χ0) is 15.2. The van der Waals surface area contributed by atoms with E-state index in [9.17, 15) is 0 Å². The highest BCUT2D eigenvalue weighted by Gasteiger charge is 2.17. The molecule has 0 fully saturated rings. The number of benzene rings is 1. The van der Waals surface area contributed by atoms with Gasteiger partial charge in [-0.25, -0.2) is 10.4 Å². The third kappa shape index (κ3) is 3.43. The molecule has 0 aliphatic carbocycles. The number of nitrogens with zero attached hydrogens (tertiary/aromatic N) is 3. The maximum Gasteiger partial charge on any atom is 0.236 e. The maximum atomic E-state index is 5.33. The Kier molecular flexibility index (Phi) is 4.99. The Balaban J connectivity index is 2.17. The van der Waals surface area contributed by atoms with Crippen LogP contribution in [0.2, 0.25) is 0 Å². The lowest BCUT2D eigenvalue weighted by Crippen LogP contribution is -2.42. The smallest absolute Gasteiger partial charge is 0.236 e. The molecule has 2 N–H and O–H groups in total. The first-order valence-corrected chi connectivity index (χ1v) is 6.77. The largest absolute Gasteiger partial charge is 0.493 e. The van der Waals surface area contributed by atoms with Crippen LogP contribution in [0.1, 0.15) is 13.8 Å². The van der Waals surface area contributed by atoms with Crippen molar-refractivity contribution in [3.8, 4) is 11.5 Å². The van der Waals surface area contributed by atoms with Gasteiger partial charge < -0.3 is 14.4 Å². The summed E-state index contributed by atoms with van der Waals surface area (Å²) in [5, 5.41) is 0. The number of rotatable bonds is 5. The van der Waals surface area contributed by atoms with E-state index in [0.29, 0.717) is 24.1 Å². The van der Waals surface area contributed by atoms with E-state index in [-0.39, 0.29) is 0 Å². The van der Waals surface area contributed by atoms with E-state index in [4.69, 9.17) is 9.47 Å². The fourth-order valence-corrected chi connectivity index (χ4v) is 1.99. The minimum absolute atomic E-state index is 0.499. The van der Waals surface area contributed by atoms with Crippen molar-refractivity contribution in [3.63, 3.8) is 0 Å². The number of aliphatic imine (C=N–C) groups is 2. The van der Waals surface area contributed by atoms with Crippen molar-refractivity contribution in [3.05, 3.63) is 18.2 Å². The molecule has 0 saturated carbocycles. The molecule has 0 amide bonds. The van der Waals surface area contributed by atoms with Crippen molar-refractivity contribution in [1.82, 2.24) is 10.9 Å². The Morgan fingerprint density at radius 2 is 2.00 bits per heavy atom. The summed E-state index contributed by atoms with van der Waals surface area (Å²) >= 11 is 0. The SMILES string of the molecule is CCNNC1=NCN(c2ccc(OC)c(OC)c2)C(C)=N1. The Labute approximate surface area is 124 Å². The van der Waals surface area contributed by atoms with Crippen molar-refractivity contribution in [2.24, 2.45) is 9.98 Å². The Bertz CT molecular complexity index is 556. The molecule has 114 valence electrons. The molecule has 0 unspecified atom stereocenters. The first-order chi connectivity index (χ1) is 10.2. The van der Waals surface area contributed by atoms with Crippen LogP contribution in [0.15, 0.2) is 28.2 Å². The minimum atomic E-state index is 0.499. The standard InChI is InChI=1S/C14H21N5O2/c1-5-16-18-14-15-9-19(10(2)17-14)11-6-7-12(20-3)13(8-11)21-4/h6-8,16H,5,9H2,1-4H3,(H,15,18). The predicted molar refractivity (Wildman–Crippen MR) is 84.2 cm³/mol. The van der Waals surface area contributed by atoms with Crippen LogP contribution in [0.3, 0.4) is 0 Å². The van der Waals surface area contributed by atoms with Crippen molar-refractivity contribution < 1.29 is 9.47 Å². The van der Waals surface area contributed by atoms with Gasteiger partial charge in [-0.3, -0.25) is 5.43 Å². The molecule has 2 rings (SSSR count). The van der Waals surface area contributed by atoms with E-state index in [1.807, 2.05) is 36.9 Å². The first-order valence-electron chi connectivity index (χ1n) is 6.77. The normalized spacial score (nSPS) is 14.4. The molecular weight excluding hydrogens is 270 g/mol. The van der Waals surface area contributed by atoms with Gasteiger partial charge in [0.05, 0.1) is 14.2 Å². The molecule has 7 nitrogen and oxygen atoms in total. The van der Waals surface area contributed by atoms with E-state index >= 15 is 0 Å². The average molecular weight is 291 g/mol. The third-order valence-electron chi connectivity index (χ3n) is 3.08. The summed E-state index contributed by atoms with van der Waals surface area (Å²) in [7, 11) is 3.24. The molecule has 0 saturated heterocycles. The molecular formula is C14H21N5O2. The van der Waals surface area contributed by atoms with Crippen molar-refractivity contribution >= 4 is 17.5 Å². The maximum absolute atomic E-state index is 5.33.